The number of nitrogens with one attached hydrogen (secondary N) is 1. The van der Waals surface area contributed by atoms with Crippen LogP contribution in [0.5, 0.6) is 5.75 Å². The SMILES string of the molecule is COc1ccc(C#N)c(Nc2ccc(F)cc2Br)c1. The minimum absolute atomic E-state index is 0.330. The van der Waals surface area contributed by atoms with Gasteiger partial charge in [0.15, 0.2) is 0 Å². The standard InChI is InChI=1S/C14H10BrFN2O/c1-19-11-4-2-9(8-17)14(7-11)18-13-5-3-10(16)6-12(13)15/h2-7,18H,1H3. The van der Waals surface area contributed by atoms with Gasteiger partial charge in [-0.15, -0.1) is 0 Å². The van der Waals surface area contributed by atoms with Crippen LogP contribution in [-0.4, -0.2) is 7.11 Å². The molecule has 0 saturated heterocycles. The molecule has 0 heterocycles. The average Bonchev–Trinajstić information content (AvgIpc) is 2.41. The first-order chi connectivity index (χ1) is 9.13. The zero-order valence-corrected chi connectivity index (χ0v) is 11.7. The summed E-state index contributed by atoms with van der Waals surface area (Å²) in [6.07, 6.45) is 0. The van der Waals surface area contributed by atoms with Gasteiger partial charge in [0.25, 0.3) is 0 Å². The van der Waals surface area contributed by atoms with Gasteiger partial charge in [0.1, 0.15) is 17.6 Å². The van der Waals surface area contributed by atoms with Crippen LogP contribution in [0.1, 0.15) is 5.56 Å². The highest BCUT2D eigenvalue weighted by molar-refractivity contribution is 9.10. The molecule has 0 bridgehead atoms. The summed E-state index contributed by atoms with van der Waals surface area (Å²) in [4.78, 5) is 0. The Morgan fingerprint density at radius 3 is 2.63 bits per heavy atom. The molecule has 2 rings (SSSR count). The molecule has 0 amide bonds. The summed E-state index contributed by atoms with van der Waals surface area (Å²) >= 11 is 3.27. The van der Waals surface area contributed by atoms with Gasteiger partial charge >= 0.3 is 0 Å². The van der Waals surface area contributed by atoms with E-state index in [4.69, 9.17) is 10.00 Å². The summed E-state index contributed by atoms with van der Waals surface area (Å²) in [7, 11) is 1.55. The fraction of sp³-hybridized carbons (Fsp3) is 0.0714. The zero-order chi connectivity index (χ0) is 13.8. The van der Waals surface area contributed by atoms with Gasteiger partial charge in [-0.05, 0) is 46.3 Å². The molecule has 0 spiro atoms. The Balaban J connectivity index is 2.39. The van der Waals surface area contributed by atoms with E-state index >= 15 is 0 Å². The van der Waals surface area contributed by atoms with Crippen molar-refractivity contribution < 1.29 is 9.13 Å². The Labute approximate surface area is 118 Å². The fourth-order valence-corrected chi connectivity index (χ4v) is 2.04. The van der Waals surface area contributed by atoms with E-state index in [1.165, 1.54) is 12.1 Å². The molecule has 0 radical (unpaired) electrons. The smallest absolute Gasteiger partial charge is 0.124 e. The molecule has 3 nitrogen and oxygen atoms in total. The lowest BCUT2D eigenvalue weighted by Gasteiger charge is -2.11. The number of anilines is 2. The number of rotatable bonds is 3. The molecule has 0 unspecified atom stereocenters. The molecule has 96 valence electrons. The maximum Gasteiger partial charge on any atom is 0.124 e. The first-order valence-corrected chi connectivity index (χ1v) is 6.23. The number of hydrogen-bond donors (Lipinski definition) is 1. The number of nitrogens with zero attached hydrogens (tertiary/aromatic N) is 1. The highest BCUT2D eigenvalue weighted by atomic mass is 79.9. The Morgan fingerprint density at radius 2 is 2.00 bits per heavy atom. The van der Waals surface area contributed by atoms with Crippen LogP contribution in [-0.2, 0) is 0 Å². The third-order valence-corrected chi connectivity index (χ3v) is 3.20. The van der Waals surface area contributed by atoms with E-state index in [-0.39, 0.29) is 5.82 Å². The van der Waals surface area contributed by atoms with Crippen LogP contribution in [0.3, 0.4) is 0 Å². The van der Waals surface area contributed by atoms with Crippen molar-refractivity contribution in [3.05, 3.63) is 52.3 Å². The van der Waals surface area contributed by atoms with Crippen LogP contribution in [0, 0.1) is 17.1 Å². The predicted molar refractivity (Wildman–Crippen MR) is 75.1 cm³/mol. The largest absolute Gasteiger partial charge is 0.497 e. The third kappa shape index (κ3) is 3.04. The Kier molecular flexibility index (Phi) is 4.03. The van der Waals surface area contributed by atoms with Crippen LogP contribution >= 0.6 is 15.9 Å². The van der Waals surface area contributed by atoms with Crippen molar-refractivity contribution in [2.24, 2.45) is 0 Å². The van der Waals surface area contributed by atoms with Gasteiger partial charge in [-0.2, -0.15) is 5.26 Å². The molecule has 0 fully saturated rings. The van der Waals surface area contributed by atoms with Gasteiger partial charge in [0, 0.05) is 10.5 Å². The maximum absolute atomic E-state index is 13.0. The van der Waals surface area contributed by atoms with Gasteiger partial charge in [0.05, 0.1) is 24.0 Å². The van der Waals surface area contributed by atoms with Crippen molar-refractivity contribution in [2.45, 2.75) is 0 Å². The predicted octanol–water partition coefficient (Wildman–Crippen LogP) is 4.21. The highest BCUT2D eigenvalue weighted by Crippen LogP contribution is 2.30. The molecule has 0 aliphatic carbocycles. The second-order valence-electron chi connectivity index (χ2n) is 3.77. The third-order valence-electron chi connectivity index (χ3n) is 2.55. The van der Waals surface area contributed by atoms with E-state index in [0.717, 1.165) is 0 Å². The van der Waals surface area contributed by atoms with Crippen molar-refractivity contribution in [1.29, 1.82) is 5.26 Å². The van der Waals surface area contributed by atoms with Gasteiger partial charge < -0.3 is 10.1 Å². The van der Waals surface area contributed by atoms with E-state index < -0.39 is 0 Å². The number of methoxy groups -OCH3 is 1. The van der Waals surface area contributed by atoms with E-state index in [1.807, 2.05) is 0 Å². The molecule has 2 aromatic carbocycles. The number of ether oxygens (including phenoxy) is 1. The lowest BCUT2D eigenvalue weighted by molar-refractivity contribution is 0.415. The normalized spacial score (nSPS) is 9.79. The fourth-order valence-electron chi connectivity index (χ4n) is 1.59. The van der Waals surface area contributed by atoms with Crippen molar-refractivity contribution in [3.63, 3.8) is 0 Å². The average molecular weight is 321 g/mol. The molecule has 0 saturated carbocycles. The van der Waals surface area contributed by atoms with E-state index in [2.05, 4.69) is 27.3 Å². The summed E-state index contributed by atoms with van der Waals surface area (Å²) in [5.41, 5.74) is 1.76. The first kappa shape index (κ1) is 13.4. The summed E-state index contributed by atoms with van der Waals surface area (Å²) < 4.78 is 18.7. The number of hydrogen-bond acceptors (Lipinski definition) is 3. The molecule has 19 heavy (non-hydrogen) atoms. The Bertz CT molecular complexity index is 652. The van der Waals surface area contributed by atoms with Crippen LogP contribution in [0.4, 0.5) is 15.8 Å². The van der Waals surface area contributed by atoms with Gasteiger partial charge in [-0.1, -0.05) is 0 Å². The molecular weight excluding hydrogens is 311 g/mol. The summed E-state index contributed by atoms with van der Waals surface area (Å²) in [5, 5.41) is 12.1. The highest BCUT2D eigenvalue weighted by Gasteiger charge is 2.07. The molecule has 1 N–H and O–H groups in total. The second kappa shape index (κ2) is 5.72. The van der Waals surface area contributed by atoms with E-state index in [1.54, 1.807) is 31.4 Å². The zero-order valence-electron chi connectivity index (χ0n) is 10.1. The van der Waals surface area contributed by atoms with Crippen LogP contribution in [0.25, 0.3) is 0 Å². The molecule has 0 aliphatic heterocycles. The lowest BCUT2D eigenvalue weighted by Crippen LogP contribution is -1.96. The van der Waals surface area contributed by atoms with Crippen LogP contribution < -0.4 is 10.1 Å². The number of halogens is 2. The quantitative estimate of drug-likeness (QED) is 0.921. The van der Waals surface area contributed by atoms with Crippen LogP contribution in [0.15, 0.2) is 40.9 Å². The monoisotopic (exact) mass is 320 g/mol. The van der Waals surface area contributed by atoms with Crippen molar-refractivity contribution >= 4 is 27.3 Å². The van der Waals surface area contributed by atoms with Crippen molar-refractivity contribution in [2.75, 3.05) is 12.4 Å². The summed E-state index contributed by atoms with van der Waals surface area (Å²) in [6.45, 7) is 0. The lowest BCUT2D eigenvalue weighted by atomic mass is 10.1. The molecule has 0 aliphatic rings. The summed E-state index contributed by atoms with van der Waals surface area (Å²) in [5.74, 6) is 0.309. The Morgan fingerprint density at radius 1 is 1.21 bits per heavy atom. The summed E-state index contributed by atoms with van der Waals surface area (Å²) in [6, 6.07) is 11.5. The minimum atomic E-state index is -0.330. The number of benzene rings is 2. The van der Waals surface area contributed by atoms with E-state index in [9.17, 15) is 4.39 Å². The van der Waals surface area contributed by atoms with E-state index in [0.29, 0.717) is 27.2 Å². The van der Waals surface area contributed by atoms with Crippen molar-refractivity contribution in [3.8, 4) is 11.8 Å². The van der Waals surface area contributed by atoms with Crippen molar-refractivity contribution in [1.82, 2.24) is 0 Å². The van der Waals surface area contributed by atoms with Crippen LogP contribution in [0.2, 0.25) is 0 Å². The number of nitriles is 1. The Hall–Kier alpha value is -2.06. The first-order valence-electron chi connectivity index (χ1n) is 5.44. The second-order valence-corrected chi connectivity index (χ2v) is 4.63. The molecule has 5 heteroatoms. The van der Waals surface area contributed by atoms with Gasteiger partial charge in [-0.3, -0.25) is 0 Å². The van der Waals surface area contributed by atoms with Gasteiger partial charge in [-0.25, -0.2) is 4.39 Å². The molecule has 0 aromatic heterocycles. The minimum Gasteiger partial charge on any atom is -0.497 e. The molecule has 0 atom stereocenters. The molecular formula is C14H10BrFN2O. The maximum atomic E-state index is 13.0. The topological polar surface area (TPSA) is 45.0 Å². The van der Waals surface area contributed by atoms with Gasteiger partial charge in [0.2, 0.25) is 0 Å². The molecule has 2 aromatic rings.